The van der Waals surface area contributed by atoms with E-state index in [0.717, 1.165) is 17.1 Å². The molecule has 0 radical (unpaired) electrons. The summed E-state index contributed by atoms with van der Waals surface area (Å²) in [5, 5.41) is 9.11. The van der Waals surface area contributed by atoms with Crippen molar-refractivity contribution in [2.24, 2.45) is 11.8 Å². The number of anilines is 1. The summed E-state index contributed by atoms with van der Waals surface area (Å²) >= 11 is 5.59. The van der Waals surface area contributed by atoms with Gasteiger partial charge in [-0.2, -0.15) is 18.4 Å². The zero-order chi connectivity index (χ0) is 25.9. The van der Waals surface area contributed by atoms with Crippen LogP contribution in [-0.2, 0) is 11.2 Å². The second-order valence-corrected chi connectivity index (χ2v) is 9.37. The van der Waals surface area contributed by atoms with Gasteiger partial charge in [0.25, 0.3) is 11.5 Å². The molecule has 2 unspecified atom stereocenters. The number of carbonyl (C=O) groups is 1. The van der Waals surface area contributed by atoms with Crippen LogP contribution in [0.1, 0.15) is 32.0 Å². The molecule has 0 bridgehead atoms. The van der Waals surface area contributed by atoms with E-state index in [4.69, 9.17) is 17.5 Å². The van der Waals surface area contributed by atoms with Gasteiger partial charge < -0.3 is 4.90 Å². The summed E-state index contributed by atoms with van der Waals surface area (Å²) in [6, 6.07) is 4.81. The van der Waals surface area contributed by atoms with Gasteiger partial charge in [-0.15, -0.1) is 0 Å². The van der Waals surface area contributed by atoms with E-state index in [2.05, 4.69) is 4.98 Å². The van der Waals surface area contributed by atoms with Gasteiger partial charge in [0.15, 0.2) is 5.11 Å². The number of aryl methyl sites for hydroxylation is 2. The van der Waals surface area contributed by atoms with Gasteiger partial charge in [0.05, 0.1) is 23.6 Å². The number of rotatable bonds is 3. The van der Waals surface area contributed by atoms with E-state index in [1.807, 2.05) is 6.92 Å². The first-order valence-corrected chi connectivity index (χ1v) is 11.3. The molecular weight excluding hydrogens is 479 g/mol. The summed E-state index contributed by atoms with van der Waals surface area (Å²) in [5.41, 5.74) is 0.617. The molecule has 1 amide bonds. The lowest BCUT2D eigenvalue weighted by Gasteiger charge is -2.30. The van der Waals surface area contributed by atoms with Crippen molar-refractivity contribution in [3.8, 4) is 6.07 Å². The van der Waals surface area contributed by atoms with Gasteiger partial charge in [0.2, 0.25) is 0 Å². The summed E-state index contributed by atoms with van der Waals surface area (Å²) in [6.07, 6.45) is 0.758. The molecule has 0 N–H and O–H groups in total. The first-order chi connectivity index (χ1) is 16.3. The Bertz CT molecular complexity index is 1420. The van der Waals surface area contributed by atoms with Crippen molar-refractivity contribution in [2.75, 3.05) is 4.90 Å². The van der Waals surface area contributed by atoms with E-state index in [-0.39, 0.29) is 16.4 Å². The maximum atomic E-state index is 13.6. The lowest BCUT2D eigenvalue weighted by atomic mass is 9.87. The Morgan fingerprint density at radius 1 is 1.26 bits per heavy atom. The van der Waals surface area contributed by atoms with Crippen LogP contribution in [0.3, 0.4) is 0 Å². The van der Waals surface area contributed by atoms with Crippen LogP contribution in [0.2, 0.25) is 0 Å². The summed E-state index contributed by atoms with van der Waals surface area (Å²) in [7, 11) is 0. The minimum Gasteiger partial charge on any atom is -0.302 e. The Morgan fingerprint density at radius 3 is 2.54 bits per heavy atom. The number of amides is 1. The third-order valence-electron chi connectivity index (χ3n) is 6.27. The van der Waals surface area contributed by atoms with Gasteiger partial charge in [0, 0.05) is 23.7 Å². The second-order valence-electron chi connectivity index (χ2n) is 9.00. The van der Waals surface area contributed by atoms with Crippen molar-refractivity contribution in [1.82, 2.24) is 14.3 Å². The van der Waals surface area contributed by atoms with Gasteiger partial charge >= 0.3 is 6.18 Å². The highest BCUT2D eigenvalue weighted by Crippen LogP contribution is 2.41. The van der Waals surface area contributed by atoms with Crippen molar-refractivity contribution in [2.45, 2.75) is 45.8 Å². The van der Waals surface area contributed by atoms with Crippen LogP contribution in [0.4, 0.5) is 18.9 Å². The molecule has 2 aromatic rings. The highest BCUT2D eigenvalue weighted by atomic mass is 32.1. The van der Waals surface area contributed by atoms with Crippen LogP contribution in [-0.4, -0.2) is 37.0 Å². The van der Waals surface area contributed by atoms with Crippen molar-refractivity contribution in [3.63, 3.8) is 0 Å². The fraction of sp³-hybridized carbons (Fsp3) is 0.375. The molecule has 4 rings (SSSR count). The molecule has 7 nitrogen and oxygen atoms in total. The molecule has 2 aromatic heterocycles. The number of pyridine rings is 1. The second kappa shape index (κ2) is 8.30. The lowest BCUT2D eigenvalue weighted by molar-refractivity contribution is -0.166. The van der Waals surface area contributed by atoms with Crippen molar-refractivity contribution in [3.05, 3.63) is 63.9 Å². The Morgan fingerprint density at radius 2 is 1.94 bits per heavy atom. The van der Waals surface area contributed by atoms with Crippen molar-refractivity contribution < 1.29 is 18.0 Å². The topological polar surface area (TPSA) is 81.7 Å². The Balaban J connectivity index is 1.82. The quantitative estimate of drug-likeness (QED) is 0.591. The van der Waals surface area contributed by atoms with Crippen LogP contribution >= 0.6 is 12.2 Å². The summed E-state index contributed by atoms with van der Waals surface area (Å²) in [4.78, 5) is 33.2. The lowest BCUT2D eigenvalue weighted by Crippen LogP contribution is -2.44. The van der Waals surface area contributed by atoms with E-state index in [9.17, 15) is 22.8 Å². The minimum absolute atomic E-state index is 0.0304. The molecule has 0 saturated carbocycles. The average molecular weight is 502 g/mol. The number of carbonyl (C=O) groups excluding carboxylic acids is 1. The van der Waals surface area contributed by atoms with Crippen LogP contribution in [0, 0.1) is 30.1 Å². The van der Waals surface area contributed by atoms with Crippen LogP contribution in [0.15, 0.2) is 47.0 Å². The number of nitriles is 1. The third kappa shape index (κ3) is 3.91. The third-order valence-corrected chi connectivity index (χ3v) is 6.63. The predicted octanol–water partition coefficient (Wildman–Crippen LogP) is 4.05. The molecule has 0 spiro atoms. The van der Waals surface area contributed by atoms with Gasteiger partial charge in [-0.05, 0) is 63.2 Å². The van der Waals surface area contributed by atoms with E-state index < -0.39 is 29.5 Å². The molecule has 1 aliphatic carbocycles. The average Bonchev–Trinajstić information content (AvgIpc) is 2.96. The number of hydrogen-bond donors (Lipinski definition) is 0. The predicted molar refractivity (Wildman–Crippen MR) is 127 cm³/mol. The maximum Gasteiger partial charge on any atom is 0.396 e. The van der Waals surface area contributed by atoms with E-state index in [1.54, 1.807) is 32.9 Å². The SMILES string of the molecule is CCc1cc(=O)n2cc(N3C(=S)N(C4=CC(C(F)(F)F)C(C#N)C=C4)C(=O)C3(C)C)cc(C)c2n1. The van der Waals surface area contributed by atoms with E-state index in [0.29, 0.717) is 29.0 Å². The van der Waals surface area contributed by atoms with Crippen LogP contribution in [0.5, 0.6) is 0 Å². The number of hydrogen-bond acceptors (Lipinski definition) is 5. The molecule has 0 aromatic carbocycles. The number of aromatic nitrogens is 2. The van der Waals surface area contributed by atoms with Gasteiger partial charge in [-0.25, -0.2) is 4.98 Å². The van der Waals surface area contributed by atoms with E-state index in [1.165, 1.54) is 27.6 Å². The van der Waals surface area contributed by atoms with Gasteiger partial charge in [-0.3, -0.25) is 18.9 Å². The minimum atomic E-state index is -4.67. The zero-order valence-electron chi connectivity index (χ0n) is 19.4. The molecule has 2 atom stereocenters. The molecule has 2 aliphatic rings. The molecule has 35 heavy (non-hydrogen) atoms. The Hall–Kier alpha value is -3.52. The number of halogens is 3. The molecule has 1 aliphatic heterocycles. The highest BCUT2D eigenvalue weighted by Gasteiger charge is 2.52. The van der Waals surface area contributed by atoms with E-state index >= 15 is 0 Å². The number of allylic oxidation sites excluding steroid dienone is 3. The zero-order valence-corrected chi connectivity index (χ0v) is 20.2. The fourth-order valence-electron chi connectivity index (χ4n) is 4.39. The number of fused-ring (bicyclic) bond motifs is 1. The highest BCUT2D eigenvalue weighted by molar-refractivity contribution is 7.80. The summed E-state index contributed by atoms with van der Waals surface area (Å²) in [6.45, 7) is 6.88. The maximum absolute atomic E-state index is 13.6. The smallest absolute Gasteiger partial charge is 0.302 e. The normalized spacial score (nSPS) is 22.1. The fourth-order valence-corrected chi connectivity index (χ4v) is 4.91. The molecule has 11 heteroatoms. The summed E-state index contributed by atoms with van der Waals surface area (Å²) in [5.74, 6) is -4.00. The van der Waals surface area contributed by atoms with Gasteiger partial charge in [-0.1, -0.05) is 13.0 Å². The van der Waals surface area contributed by atoms with Crippen LogP contribution in [0.25, 0.3) is 5.65 Å². The van der Waals surface area contributed by atoms with Crippen molar-refractivity contribution in [1.29, 1.82) is 5.26 Å². The molecule has 1 fully saturated rings. The first-order valence-electron chi connectivity index (χ1n) is 10.9. The van der Waals surface area contributed by atoms with Crippen LogP contribution < -0.4 is 10.5 Å². The molecular formula is C24H22F3N5O2S. The monoisotopic (exact) mass is 501 g/mol. The Labute approximate surface area is 204 Å². The number of alkyl halides is 3. The first kappa shape index (κ1) is 24.6. The van der Waals surface area contributed by atoms with Gasteiger partial charge in [0.1, 0.15) is 11.2 Å². The Kier molecular flexibility index (Phi) is 5.84. The number of thiocarbonyl (C=S) groups is 1. The molecule has 3 heterocycles. The van der Waals surface area contributed by atoms with Crippen molar-refractivity contribution >= 4 is 34.6 Å². The number of nitrogens with zero attached hydrogens (tertiary/aromatic N) is 5. The largest absolute Gasteiger partial charge is 0.396 e. The standard InChI is InChI=1S/C24H22F3N5O2S/c1-5-15-9-19(33)30-12-17(8-13(2)20(30)29-15)32-22(35)31(21(34)23(32,3)4)16-7-6-14(11-28)18(10-16)24(25,26)27/h6-10,12,14,18H,5H2,1-4H3. The molecule has 1 saturated heterocycles. The summed E-state index contributed by atoms with van der Waals surface area (Å²) < 4.78 is 42.2. The molecule has 182 valence electrons.